The third-order valence-corrected chi connectivity index (χ3v) is 7.25. The Morgan fingerprint density at radius 2 is 0.750 bits per heavy atom. The van der Waals surface area contributed by atoms with Crippen molar-refractivity contribution in [3.05, 3.63) is 29.8 Å². The summed E-state index contributed by atoms with van der Waals surface area (Å²) in [7, 11) is 0. The van der Waals surface area contributed by atoms with E-state index in [2.05, 4.69) is 38.1 Å². The molecule has 0 saturated heterocycles. The minimum absolute atomic E-state index is 0.555. The van der Waals surface area contributed by atoms with Gasteiger partial charge < -0.3 is 23.7 Å². The van der Waals surface area contributed by atoms with E-state index in [1.165, 1.54) is 108 Å². The van der Waals surface area contributed by atoms with Crippen molar-refractivity contribution in [2.75, 3.05) is 59.5 Å². The van der Waals surface area contributed by atoms with Crippen LogP contribution in [0.1, 0.15) is 129 Å². The first-order valence-corrected chi connectivity index (χ1v) is 16.9. The molecule has 0 heterocycles. The van der Waals surface area contributed by atoms with Gasteiger partial charge in [0.05, 0.1) is 46.2 Å². The molecule has 0 unspecified atom stereocenters. The van der Waals surface area contributed by atoms with Gasteiger partial charge in [0.1, 0.15) is 12.4 Å². The normalized spacial score (nSPS) is 11.3. The van der Waals surface area contributed by atoms with E-state index in [-0.39, 0.29) is 0 Å². The maximum absolute atomic E-state index is 5.78. The summed E-state index contributed by atoms with van der Waals surface area (Å²) in [6.07, 6.45) is 24.2. The van der Waals surface area contributed by atoms with E-state index in [4.69, 9.17) is 23.7 Å². The predicted octanol–water partition coefficient (Wildman–Crippen LogP) is 9.35. The van der Waals surface area contributed by atoms with E-state index in [1.807, 2.05) is 0 Å². The Morgan fingerprint density at radius 3 is 1.23 bits per heavy atom. The van der Waals surface area contributed by atoms with E-state index >= 15 is 0 Å². The molecule has 0 bridgehead atoms. The van der Waals surface area contributed by atoms with E-state index in [0.29, 0.717) is 52.9 Å². The van der Waals surface area contributed by atoms with Crippen LogP contribution in [-0.2, 0) is 25.4 Å². The zero-order valence-corrected chi connectivity index (χ0v) is 26.4. The van der Waals surface area contributed by atoms with Crippen LogP contribution < -0.4 is 4.74 Å². The molecule has 5 nitrogen and oxygen atoms in total. The van der Waals surface area contributed by atoms with Crippen LogP contribution in [0.25, 0.3) is 0 Å². The van der Waals surface area contributed by atoms with Crippen molar-refractivity contribution in [2.45, 2.75) is 129 Å². The van der Waals surface area contributed by atoms with Crippen LogP contribution >= 0.6 is 0 Å². The van der Waals surface area contributed by atoms with Gasteiger partial charge in [-0.2, -0.15) is 0 Å². The van der Waals surface area contributed by atoms with Gasteiger partial charge in [-0.1, -0.05) is 122 Å². The molecule has 0 saturated carbocycles. The molecule has 0 aliphatic heterocycles. The highest BCUT2D eigenvalue weighted by atomic mass is 16.6. The number of aryl methyl sites for hydroxylation is 1. The minimum atomic E-state index is 0.555. The molecule has 5 heteroatoms. The molecular formula is C35H64O5. The second-order valence-corrected chi connectivity index (χ2v) is 11.0. The van der Waals surface area contributed by atoms with Crippen molar-refractivity contribution in [2.24, 2.45) is 0 Å². The van der Waals surface area contributed by atoms with E-state index in [1.54, 1.807) is 0 Å². The Balaban J connectivity index is 1.74. The lowest BCUT2D eigenvalue weighted by Crippen LogP contribution is -2.13. The third-order valence-electron chi connectivity index (χ3n) is 7.25. The molecule has 0 aromatic heterocycles. The molecule has 0 amide bonds. The predicted molar refractivity (Wildman–Crippen MR) is 169 cm³/mol. The number of ether oxygens (including phenoxy) is 5. The number of rotatable bonds is 32. The first-order chi connectivity index (χ1) is 19.9. The molecule has 1 aromatic rings. The molecule has 0 aliphatic rings. The maximum Gasteiger partial charge on any atom is 0.119 e. The van der Waals surface area contributed by atoms with Crippen LogP contribution in [-0.4, -0.2) is 59.5 Å². The number of benzene rings is 1. The van der Waals surface area contributed by atoms with Crippen molar-refractivity contribution in [1.29, 1.82) is 0 Å². The molecule has 0 radical (unpaired) electrons. The Bertz CT molecular complexity index is 606. The molecule has 1 aromatic carbocycles. The van der Waals surface area contributed by atoms with E-state index in [9.17, 15) is 0 Å². The lowest BCUT2D eigenvalue weighted by molar-refractivity contribution is -0.00487. The SMILES string of the molecule is CCCCCCCCCCCCCOCCOCCOCCOCCOc1ccc(CCCCCCCC)cc1. The van der Waals surface area contributed by atoms with Crippen molar-refractivity contribution < 1.29 is 23.7 Å². The Labute approximate surface area is 248 Å². The van der Waals surface area contributed by atoms with E-state index < -0.39 is 0 Å². The van der Waals surface area contributed by atoms with Crippen LogP contribution in [0.2, 0.25) is 0 Å². The Morgan fingerprint density at radius 1 is 0.375 bits per heavy atom. The van der Waals surface area contributed by atoms with Gasteiger partial charge in [0.2, 0.25) is 0 Å². The summed E-state index contributed by atoms with van der Waals surface area (Å²) in [4.78, 5) is 0. The quantitative estimate of drug-likeness (QED) is 0.0816. The van der Waals surface area contributed by atoms with Gasteiger partial charge in [0, 0.05) is 6.61 Å². The van der Waals surface area contributed by atoms with E-state index in [0.717, 1.165) is 25.2 Å². The van der Waals surface area contributed by atoms with Crippen molar-refractivity contribution in [3.8, 4) is 5.75 Å². The first kappa shape index (κ1) is 36.9. The number of hydrogen-bond donors (Lipinski definition) is 0. The van der Waals surface area contributed by atoms with Crippen LogP contribution in [0.3, 0.4) is 0 Å². The number of unbranched alkanes of at least 4 members (excludes halogenated alkanes) is 15. The summed E-state index contributed by atoms with van der Waals surface area (Å²) in [6.45, 7) is 10.1. The molecule has 0 aliphatic carbocycles. The Hall–Kier alpha value is -1.14. The van der Waals surface area contributed by atoms with Gasteiger partial charge in [-0.05, 0) is 37.0 Å². The first-order valence-electron chi connectivity index (χ1n) is 16.9. The highest BCUT2D eigenvalue weighted by Crippen LogP contribution is 2.15. The molecule has 0 N–H and O–H groups in total. The van der Waals surface area contributed by atoms with Gasteiger partial charge >= 0.3 is 0 Å². The monoisotopic (exact) mass is 564 g/mol. The zero-order chi connectivity index (χ0) is 28.6. The summed E-state index contributed by atoms with van der Waals surface area (Å²) >= 11 is 0. The fourth-order valence-electron chi connectivity index (χ4n) is 4.71. The van der Waals surface area contributed by atoms with Gasteiger partial charge in [-0.3, -0.25) is 0 Å². The lowest BCUT2D eigenvalue weighted by Gasteiger charge is -2.09. The van der Waals surface area contributed by atoms with Crippen molar-refractivity contribution >= 4 is 0 Å². The summed E-state index contributed by atoms with van der Waals surface area (Å²) in [5.41, 5.74) is 1.40. The van der Waals surface area contributed by atoms with Gasteiger partial charge in [-0.25, -0.2) is 0 Å². The fraction of sp³-hybridized carbons (Fsp3) is 0.829. The minimum Gasteiger partial charge on any atom is -0.491 e. The second kappa shape index (κ2) is 30.8. The standard InChI is InChI=1S/C35H64O5/c1-3-5-7-9-11-12-13-14-15-17-19-25-36-26-27-37-28-29-38-30-31-39-32-33-40-35-23-21-34(22-24-35)20-18-16-10-8-6-4-2/h21-24H,3-20,25-33H2,1-2H3. The molecule has 234 valence electrons. The average molecular weight is 565 g/mol. The van der Waals surface area contributed by atoms with Crippen molar-refractivity contribution in [3.63, 3.8) is 0 Å². The van der Waals surface area contributed by atoms with Gasteiger partial charge in [0.25, 0.3) is 0 Å². The maximum atomic E-state index is 5.78. The smallest absolute Gasteiger partial charge is 0.119 e. The summed E-state index contributed by atoms with van der Waals surface area (Å²) in [5.74, 6) is 0.909. The topological polar surface area (TPSA) is 46.2 Å². The van der Waals surface area contributed by atoms with Gasteiger partial charge in [-0.15, -0.1) is 0 Å². The third kappa shape index (κ3) is 25.8. The van der Waals surface area contributed by atoms with Crippen LogP contribution in [0.4, 0.5) is 0 Å². The van der Waals surface area contributed by atoms with Gasteiger partial charge in [0.15, 0.2) is 0 Å². The number of hydrogen-bond acceptors (Lipinski definition) is 5. The fourth-order valence-corrected chi connectivity index (χ4v) is 4.71. The summed E-state index contributed by atoms with van der Waals surface area (Å²) in [5, 5.41) is 0. The second-order valence-electron chi connectivity index (χ2n) is 11.0. The molecule has 0 fully saturated rings. The molecule has 40 heavy (non-hydrogen) atoms. The molecular weight excluding hydrogens is 500 g/mol. The zero-order valence-electron chi connectivity index (χ0n) is 26.4. The van der Waals surface area contributed by atoms with Crippen LogP contribution in [0.15, 0.2) is 24.3 Å². The molecule has 0 atom stereocenters. The lowest BCUT2D eigenvalue weighted by atomic mass is 10.0. The highest BCUT2D eigenvalue weighted by Gasteiger charge is 1.99. The summed E-state index contributed by atoms with van der Waals surface area (Å²) in [6, 6.07) is 8.51. The summed E-state index contributed by atoms with van der Waals surface area (Å²) < 4.78 is 28.2. The van der Waals surface area contributed by atoms with Crippen LogP contribution in [0.5, 0.6) is 5.75 Å². The average Bonchev–Trinajstić information content (AvgIpc) is 2.98. The molecule has 0 spiro atoms. The Kier molecular flexibility index (Phi) is 28.4. The highest BCUT2D eigenvalue weighted by molar-refractivity contribution is 5.27. The van der Waals surface area contributed by atoms with Crippen LogP contribution in [0, 0.1) is 0 Å². The van der Waals surface area contributed by atoms with Crippen molar-refractivity contribution in [1.82, 2.24) is 0 Å². The largest absolute Gasteiger partial charge is 0.491 e. The molecule has 1 rings (SSSR count).